The molecule has 0 amide bonds. The third kappa shape index (κ3) is 3.46. The van der Waals surface area contributed by atoms with E-state index in [1.165, 1.54) is 0 Å². The molecule has 6 heteroatoms. The molecule has 0 bridgehead atoms. The lowest BCUT2D eigenvalue weighted by Gasteiger charge is -2.14. The summed E-state index contributed by atoms with van der Waals surface area (Å²) in [5, 5.41) is 6.49. The standard InChI is InChI=1S/C14H21N5O/c1-5-6-15-14-17-7-9(2)12(19-14)18-11(4)13-16-8-10(3)20-13/h7-8,11H,5-6H2,1-4H3,(H2,15,17,18,19). The van der Waals surface area contributed by atoms with Crippen molar-refractivity contribution in [1.82, 2.24) is 15.0 Å². The minimum absolute atomic E-state index is 0.0451. The Bertz CT molecular complexity index is 566. The van der Waals surface area contributed by atoms with E-state index >= 15 is 0 Å². The Balaban J connectivity index is 2.11. The number of nitrogens with zero attached hydrogens (tertiary/aromatic N) is 3. The summed E-state index contributed by atoms with van der Waals surface area (Å²) in [6.45, 7) is 8.81. The van der Waals surface area contributed by atoms with E-state index in [0.29, 0.717) is 11.8 Å². The van der Waals surface area contributed by atoms with Crippen LogP contribution in [0.4, 0.5) is 11.8 Å². The number of hydrogen-bond donors (Lipinski definition) is 2. The minimum Gasteiger partial charge on any atom is -0.444 e. The highest BCUT2D eigenvalue weighted by atomic mass is 16.4. The molecule has 0 fully saturated rings. The molecule has 6 nitrogen and oxygen atoms in total. The predicted molar refractivity (Wildman–Crippen MR) is 78.8 cm³/mol. The smallest absolute Gasteiger partial charge is 0.224 e. The van der Waals surface area contributed by atoms with Crippen molar-refractivity contribution in [2.75, 3.05) is 17.2 Å². The molecule has 0 aliphatic rings. The molecule has 2 N–H and O–H groups in total. The van der Waals surface area contributed by atoms with Gasteiger partial charge in [-0.1, -0.05) is 6.92 Å². The lowest BCUT2D eigenvalue weighted by Crippen LogP contribution is -2.12. The van der Waals surface area contributed by atoms with Gasteiger partial charge in [-0.25, -0.2) is 9.97 Å². The number of oxazole rings is 1. The summed E-state index contributed by atoms with van der Waals surface area (Å²) in [5.41, 5.74) is 0.988. The largest absolute Gasteiger partial charge is 0.444 e. The van der Waals surface area contributed by atoms with Crippen molar-refractivity contribution in [3.8, 4) is 0 Å². The SMILES string of the molecule is CCCNc1ncc(C)c(NC(C)c2ncc(C)o2)n1. The van der Waals surface area contributed by atoms with E-state index < -0.39 is 0 Å². The van der Waals surface area contributed by atoms with Gasteiger partial charge in [-0.15, -0.1) is 0 Å². The molecule has 0 radical (unpaired) electrons. The monoisotopic (exact) mass is 275 g/mol. The van der Waals surface area contributed by atoms with Crippen LogP contribution in [0.25, 0.3) is 0 Å². The molecule has 0 aliphatic carbocycles. The molecule has 2 heterocycles. The van der Waals surface area contributed by atoms with Crippen LogP contribution in [0, 0.1) is 13.8 Å². The molecule has 0 aliphatic heterocycles. The number of hydrogen-bond acceptors (Lipinski definition) is 6. The summed E-state index contributed by atoms with van der Waals surface area (Å²) in [7, 11) is 0. The molecule has 2 rings (SSSR count). The average molecular weight is 275 g/mol. The van der Waals surface area contributed by atoms with Gasteiger partial charge in [-0.05, 0) is 27.2 Å². The van der Waals surface area contributed by atoms with Crippen LogP contribution in [0.3, 0.4) is 0 Å². The maximum absolute atomic E-state index is 5.52. The highest BCUT2D eigenvalue weighted by molar-refractivity contribution is 5.47. The van der Waals surface area contributed by atoms with Crippen LogP contribution < -0.4 is 10.6 Å². The number of aryl methyl sites for hydroxylation is 2. The predicted octanol–water partition coefficient (Wildman–Crippen LogP) is 3.08. The van der Waals surface area contributed by atoms with Crippen molar-refractivity contribution >= 4 is 11.8 Å². The minimum atomic E-state index is -0.0451. The topological polar surface area (TPSA) is 75.9 Å². The van der Waals surface area contributed by atoms with Gasteiger partial charge >= 0.3 is 0 Å². The molecule has 1 unspecified atom stereocenters. The van der Waals surface area contributed by atoms with Gasteiger partial charge in [0.15, 0.2) is 0 Å². The summed E-state index contributed by atoms with van der Waals surface area (Å²) in [6, 6.07) is -0.0451. The maximum Gasteiger partial charge on any atom is 0.224 e. The average Bonchev–Trinajstić information content (AvgIpc) is 2.86. The summed E-state index contributed by atoms with van der Waals surface area (Å²) in [4.78, 5) is 13.0. The van der Waals surface area contributed by atoms with Crippen molar-refractivity contribution in [1.29, 1.82) is 0 Å². The molecule has 2 aromatic heterocycles. The lowest BCUT2D eigenvalue weighted by molar-refractivity contribution is 0.453. The molecule has 20 heavy (non-hydrogen) atoms. The van der Waals surface area contributed by atoms with Crippen LogP contribution in [-0.4, -0.2) is 21.5 Å². The van der Waals surface area contributed by atoms with E-state index in [1.54, 1.807) is 12.4 Å². The summed E-state index contributed by atoms with van der Waals surface area (Å²) in [6.07, 6.45) is 4.56. The van der Waals surface area contributed by atoms with Crippen molar-refractivity contribution < 1.29 is 4.42 Å². The Kier molecular flexibility index (Phi) is 4.55. The summed E-state index contributed by atoms with van der Waals surface area (Å²) in [5.74, 6) is 2.89. The number of rotatable bonds is 6. The maximum atomic E-state index is 5.52. The molecule has 0 aromatic carbocycles. The van der Waals surface area contributed by atoms with E-state index in [1.807, 2.05) is 20.8 Å². The Hall–Kier alpha value is -2.11. The first-order chi connectivity index (χ1) is 9.60. The molecule has 108 valence electrons. The van der Waals surface area contributed by atoms with Crippen LogP contribution in [-0.2, 0) is 0 Å². The van der Waals surface area contributed by atoms with Gasteiger partial charge in [0.25, 0.3) is 0 Å². The zero-order chi connectivity index (χ0) is 14.5. The highest BCUT2D eigenvalue weighted by Gasteiger charge is 2.13. The molecule has 0 saturated heterocycles. The second-order valence-electron chi connectivity index (χ2n) is 4.83. The first-order valence-corrected chi connectivity index (χ1v) is 6.86. The Morgan fingerprint density at radius 3 is 2.70 bits per heavy atom. The summed E-state index contributed by atoms with van der Waals surface area (Å²) >= 11 is 0. The molecule has 0 spiro atoms. The van der Waals surface area contributed by atoms with E-state index in [2.05, 4.69) is 32.5 Å². The zero-order valence-electron chi connectivity index (χ0n) is 12.4. The van der Waals surface area contributed by atoms with Crippen molar-refractivity contribution in [3.05, 3.63) is 29.6 Å². The molecule has 0 saturated carbocycles. The van der Waals surface area contributed by atoms with Gasteiger partial charge in [0.05, 0.1) is 6.20 Å². The Morgan fingerprint density at radius 1 is 1.25 bits per heavy atom. The highest BCUT2D eigenvalue weighted by Crippen LogP contribution is 2.20. The van der Waals surface area contributed by atoms with E-state index in [-0.39, 0.29) is 6.04 Å². The quantitative estimate of drug-likeness (QED) is 0.843. The van der Waals surface area contributed by atoms with Crippen molar-refractivity contribution in [2.24, 2.45) is 0 Å². The molecule has 1 atom stereocenters. The Labute approximate surface area is 119 Å². The van der Waals surface area contributed by atoms with Crippen LogP contribution in [0.2, 0.25) is 0 Å². The number of anilines is 2. The van der Waals surface area contributed by atoms with E-state index in [4.69, 9.17) is 4.42 Å². The Morgan fingerprint density at radius 2 is 2.05 bits per heavy atom. The fourth-order valence-electron chi connectivity index (χ4n) is 1.75. The number of aromatic nitrogens is 3. The van der Waals surface area contributed by atoms with Crippen LogP contribution >= 0.6 is 0 Å². The van der Waals surface area contributed by atoms with Gasteiger partial charge in [-0.2, -0.15) is 4.98 Å². The lowest BCUT2D eigenvalue weighted by atomic mass is 10.3. The first kappa shape index (κ1) is 14.3. The van der Waals surface area contributed by atoms with Crippen LogP contribution in [0.5, 0.6) is 0 Å². The fraction of sp³-hybridized carbons (Fsp3) is 0.500. The van der Waals surface area contributed by atoms with Gasteiger partial charge in [0.2, 0.25) is 11.8 Å². The number of nitrogens with one attached hydrogen (secondary N) is 2. The van der Waals surface area contributed by atoms with Gasteiger partial charge in [0, 0.05) is 18.3 Å². The molecular weight excluding hydrogens is 254 g/mol. The first-order valence-electron chi connectivity index (χ1n) is 6.86. The second kappa shape index (κ2) is 6.36. The zero-order valence-corrected chi connectivity index (χ0v) is 12.4. The molecule has 2 aromatic rings. The third-order valence-electron chi connectivity index (χ3n) is 2.87. The van der Waals surface area contributed by atoms with Crippen LogP contribution in [0.1, 0.15) is 43.5 Å². The molecular formula is C14H21N5O. The van der Waals surface area contributed by atoms with Gasteiger partial charge < -0.3 is 15.1 Å². The van der Waals surface area contributed by atoms with Crippen LogP contribution in [0.15, 0.2) is 16.8 Å². The van der Waals surface area contributed by atoms with Gasteiger partial charge in [-0.3, -0.25) is 0 Å². The third-order valence-corrected chi connectivity index (χ3v) is 2.87. The van der Waals surface area contributed by atoms with Crippen molar-refractivity contribution in [3.63, 3.8) is 0 Å². The van der Waals surface area contributed by atoms with E-state index in [9.17, 15) is 0 Å². The fourth-order valence-corrected chi connectivity index (χ4v) is 1.75. The van der Waals surface area contributed by atoms with Crippen molar-refractivity contribution in [2.45, 2.75) is 40.2 Å². The van der Waals surface area contributed by atoms with E-state index in [0.717, 1.165) is 30.1 Å². The second-order valence-corrected chi connectivity index (χ2v) is 4.83. The van der Waals surface area contributed by atoms with Gasteiger partial charge in [0.1, 0.15) is 17.6 Å². The summed E-state index contributed by atoms with van der Waals surface area (Å²) < 4.78 is 5.52. The normalized spacial score (nSPS) is 12.2.